The van der Waals surface area contributed by atoms with Crippen LogP contribution in [0.5, 0.6) is 0 Å². The highest BCUT2D eigenvalue weighted by atomic mass is 16.6. The molecule has 0 aromatic rings. The smallest absolute Gasteiger partial charge is 0.333 e. The number of hydrogen-bond donors (Lipinski definition) is 0. The highest BCUT2D eigenvalue weighted by Crippen LogP contribution is 2.11. The Balaban J connectivity index is 0. The average molecular weight is 330 g/mol. The van der Waals surface area contributed by atoms with Crippen LogP contribution in [0.3, 0.4) is 0 Å². The van der Waals surface area contributed by atoms with Crippen LogP contribution in [-0.2, 0) is 28.5 Å². The van der Waals surface area contributed by atoms with E-state index in [4.69, 9.17) is 18.9 Å². The van der Waals surface area contributed by atoms with Crippen LogP contribution in [0.2, 0.25) is 0 Å². The molecule has 6 heteroatoms. The molecule has 2 atom stereocenters. The molecule has 2 heterocycles. The summed E-state index contributed by atoms with van der Waals surface area (Å²) in [5, 5.41) is 0. The van der Waals surface area contributed by atoms with E-state index in [0.717, 1.165) is 32.1 Å². The Morgan fingerprint density at radius 3 is 1.83 bits per heavy atom. The molecule has 0 N–H and O–H groups in total. The van der Waals surface area contributed by atoms with Crippen LogP contribution >= 0.6 is 0 Å². The van der Waals surface area contributed by atoms with Crippen LogP contribution < -0.4 is 0 Å². The molecule has 0 aromatic carbocycles. The van der Waals surface area contributed by atoms with Crippen molar-refractivity contribution in [3.8, 4) is 0 Å². The van der Waals surface area contributed by atoms with Crippen LogP contribution in [0, 0.1) is 0 Å². The predicted molar refractivity (Wildman–Crippen MR) is 89.1 cm³/mol. The molecular weight excluding hydrogens is 300 g/mol. The third kappa shape index (κ3) is 9.86. The van der Waals surface area contributed by atoms with E-state index in [1.807, 2.05) is 0 Å². The van der Waals surface area contributed by atoms with Crippen molar-refractivity contribution >= 4 is 11.9 Å². The Hall–Kier alpha value is -1.66. The van der Waals surface area contributed by atoms with E-state index in [1.54, 1.807) is 6.92 Å². The lowest BCUT2D eigenvalue weighted by Crippen LogP contribution is -2.32. The number of esters is 2. The third-order valence-electron chi connectivity index (χ3n) is 2.91. The van der Waals surface area contributed by atoms with E-state index >= 15 is 0 Å². The molecule has 2 aliphatic rings. The molecule has 134 valence electrons. The van der Waals surface area contributed by atoms with Gasteiger partial charge >= 0.3 is 11.9 Å². The lowest BCUT2D eigenvalue weighted by atomic mass is 10.2. The van der Waals surface area contributed by atoms with Crippen molar-refractivity contribution < 1.29 is 28.5 Å². The molecule has 0 amide bonds. The molecule has 2 saturated heterocycles. The summed E-state index contributed by atoms with van der Waals surface area (Å²) in [5.41, 5.74) is 0.435. The fraction of sp³-hybridized carbons (Fsp3) is 0.647. The second kappa shape index (κ2) is 12.8. The molecule has 0 aliphatic carbocycles. The van der Waals surface area contributed by atoms with Crippen LogP contribution in [0.4, 0.5) is 0 Å². The van der Waals surface area contributed by atoms with Gasteiger partial charge in [0, 0.05) is 37.7 Å². The van der Waals surface area contributed by atoms with E-state index < -0.39 is 0 Å². The van der Waals surface area contributed by atoms with Gasteiger partial charge in [-0.05, 0) is 6.92 Å². The number of carbonyl (C=O) groups excluding carboxylic acids is 2. The Kier molecular flexibility index (Phi) is 13.2. The minimum Gasteiger partial charge on any atom is -0.460 e. The van der Waals surface area contributed by atoms with Crippen molar-refractivity contribution in [2.24, 2.45) is 0 Å². The lowest BCUT2D eigenvalue weighted by Gasteiger charge is -2.25. The van der Waals surface area contributed by atoms with Crippen LogP contribution in [0.15, 0.2) is 24.8 Å². The summed E-state index contributed by atoms with van der Waals surface area (Å²) in [6.07, 6.45) is 3.38. The molecule has 0 radical (unpaired) electrons. The van der Waals surface area contributed by atoms with Crippen molar-refractivity contribution in [2.45, 2.75) is 46.8 Å². The Bertz CT molecular complexity index is 383. The van der Waals surface area contributed by atoms with Crippen molar-refractivity contribution in [1.82, 2.24) is 0 Å². The van der Waals surface area contributed by atoms with Gasteiger partial charge < -0.3 is 18.9 Å². The first-order valence-electron chi connectivity index (χ1n) is 6.88. The van der Waals surface area contributed by atoms with Gasteiger partial charge in [-0.15, -0.1) is 0 Å². The third-order valence-corrected chi connectivity index (χ3v) is 2.91. The average Bonchev–Trinajstić information content (AvgIpc) is 2.35. The summed E-state index contributed by atoms with van der Waals surface area (Å²) in [4.78, 5) is 21.3. The zero-order valence-corrected chi connectivity index (χ0v) is 12.3. The number of carbonyl (C=O) groups is 2. The van der Waals surface area contributed by atoms with Crippen LogP contribution in [0.1, 0.15) is 34.6 Å². The normalized spacial score (nSPS) is 20.6. The molecule has 0 spiro atoms. The molecule has 2 fully saturated rings. The van der Waals surface area contributed by atoms with Gasteiger partial charge in [-0.3, -0.25) is 0 Å². The molecule has 2 aliphatic heterocycles. The minimum absolute atomic E-state index is 0. The fourth-order valence-electron chi connectivity index (χ4n) is 1.36. The number of rotatable bonds is 6. The summed E-state index contributed by atoms with van der Waals surface area (Å²) >= 11 is 0. The van der Waals surface area contributed by atoms with Gasteiger partial charge in [-0.1, -0.05) is 28.0 Å². The van der Waals surface area contributed by atoms with Gasteiger partial charge in [-0.2, -0.15) is 0 Å². The van der Waals surface area contributed by atoms with E-state index in [1.165, 1.54) is 0 Å². The van der Waals surface area contributed by atoms with E-state index in [2.05, 4.69) is 13.2 Å². The second-order valence-corrected chi connectivity index (χ2v) is 4.78. The molecule has 2 unspecified atom stereocenters. The maximum Gasteiger partial charge on any atom is 0.333 e. The van der Waals surface area contributed by atoms with Gasteiger partial charge in [0.05, 0.1) is 12.2 Å². The number of ether oxygens (including phenoxy) is 4. The van der Waals surface area contributed by atoms with Crippen LogP contribution in [0.25, 0.3) is 0 Å². The minimum atomic E-state index is -0.379. The number of hydrogen-bond acceptors (Lipinski definition) is 6. The Morgan fingerprint density at radius 2 is 1.52 bits per heavy atom. The van der Waals surface area contributed by atoms with E-state index in [9.17, 15) is 9.59 Å². The SMILES string of the molecule is C.C.C=C(C)C(=O)OCC1CCO1.C=CC(=O)OCC1CCO1. The molecule has 2 rings (SSSR count). The maximum atomic E-state index is 10.8. The van der Waals surface area contributed by atoms with Gasteiger partial charge in [0.25, 0.3) is 0 Å². The summed E-state index contributed by atoms with van der Waals surface area (Å²) in [5.74, 6) is -0.712. The zero-order valence-electron chi connectivity index (χ0n) is 12.3. The summed E-state index contributed by atoms with van der Waals surface area (Å²) in [7, 11) is 0. The van der Waals surface area contributed by atoms with Gasteiger partial charge in [0.15, 0.2) is 0 Å². The highest BCUT2D eigenvalue weighted by molar-refractivity contribution is 5.86. The van der Waals surface area contributed by atoms with E-state index in [0.29, 0.717) is 18.8 Å². The van der Waals surface area contributed by atoms with Gasteiger partial charge in [0.2, 0.25) is 0 Å². The largest absolute Gasteiger partial charge is 0.460 e. The predicted octanol–water partition coefficient (Wildman–Crippen LogP) is 2.67. The fourth-order valence-corrected chi connectivity index (χ4v) is 1.36. The zero-order chi connectivity index (χ0) is 15.7. The van der Waals surface area contributed by atoms with Gasteiger partial charge in [-0.25, -0.2) is 9.59 Å². The lowest BCUT2D eigenvalue weighted by molar-refractivity contribution is -0.150. The monoisotopic (exact) mass is 330 g/mol. The second-order valence-electron chi connectivity index (χ2n) is 4.78. The first-order chi connectivity index (χ1) is 10.0. The first-order valence-corrected chi connectivity index (χ1v) is 6.88. The Labute approximate surface area is 139 Å². The molecule has 0 saturated carbocycles. The topological polar surface area (TPSA) is 71.1 Å². The maximum absolute atomic E-state index is 10.8. The summed E-state index contributed by atoms with van der Waals surface area (Å²) < 4.78 is 19.6. The first kappa shape index (κ1) is 23.6. The molecular formula is C17H30O6. The molecule has 23 heavy (non-hydrogen) atoms. The molecule has 6 nitrogen and oxygen atoms in total. The summed E-state index contributed by atoms with van der Waals surface area (Å²) in [6.45, 7) is 10.7. The van der Waals surface area contributed by atoms with Crippen molar-refractivity contribution in [3.05, 3.63) is 24.8 Å². The quantitative estimate of drug-likeness (QED) is 0.551. The Morgan fingerprint density at radius 1 is 1.09 bits per heavy atom. The van der Waals surface area contributed by atoms with Crippen molar-refractivity contribution in [2.75, 3.05) is 26.4 Å². The van der Waals surface area contributed by atoms with Gasteiger partial charge in [0.1, 0.15) is 13.2 Å². The molecule has 0 bridgehead atoms. The standard InChI is InChI=1S/C8H12O3.C7H10O3.2CH4/c1-6(2)8(9)11-5-7-3-4-10-7;1-2-7(8)10-5-6-3-4-9-6;;/h7H,1,3-5H2,2H3;2,6H,1,3-5H2;2*1H4. The van der Waals surface area contributed by atoms with E-state index in [-0.39, 0.29) is 39.0 Å². The van der Waals surface area contributed by atoms with Crippen molar-refractivity contribution in [3.63, 3.8) is 0 Å². The van der Waals surface area contributed by atoms with Crippen LogP contribution in [-0.4, -0.2) is 50.6 Å². The van der Waals surface area contributed by atoms with Crippen molar-refractivity contribution in [1.29, 1.82) is 0 Å². The highest BCUT2D eigenvalue weighted by Gasteiger charge is 2.20. The molecule has 0 aromatic heterocycles. The summed E-state index contributed by atoms with van der Waals surface area (Å²) in [6, 6.07) is 0.